The molecule has 0 radical (unpaired) electrons. The molecule has 12 aromatic rings. The molecule has 1 heterocycles. The molecule has 1 aromatic heterocycles. The zero-order valence-corrected chi connectivity index (χ0v) is 44.9. The molecule has 0 aliphatic heterocycles. The van der Waals surface area contributed by atoms with Gasteiger partial charge in [-0.1, -0.05) is 247 Å². The number of hydrogen-bond acceptors (Lipinski definition) is 2. The Labute approximate surface area is 454 Å². The molecule has 0 unspecified atom stereocenters. The van der Waals surface area contributed by atoms with Crippen LogP contribution in [-0.4, -0.2) is 0 Å². The highest BCUT2D eigenvalue weighted by Gasteiger charge is 2.47. The van der Waals surface area contributed by atoms with E-state index in [0.29, 0.717) is 0 Å². The van der Waals surface area contributed by atoms with E-state index in [2.05, 4.69) is 258 Å². The van der Waals surface area contributed by atoms with Crippen LogP contribution in [0.5, 0.6) is 0 Å². The quantitative estimate of drug-likeness (QED) is 0.141. The lowest BCUT2D eigenvalue weighted by atomic mass is 9.67. The van der Waals surface area contributed by atoms with Crippen molar-refractivity contribution in [2.75, 3.05) is 4.90 Å². The van der Waals surface area contributed by atoms with Gasteiger partial charge in [-0.2, -0.15) is 0 Å². The highest BCUT2D eigenvalue weighted by molar-refractivity contribution is 6.15. The van der Waals surface area contributed by atoms with Crippen LogP contribution in [-0.2, 0) is 5.41 Å². The van der Waals surface area contributed by atoms with Gasteiger partial charge in [0.05, 0.1) is 11.1 Å². The molecule has 2 nitrogen and oxygen atoms in total. The summed E-state index contributed by atoms with van der Waals surface area (Å²) in [5, 5.41) is 6.18. The van der Waals surface area contributed by atoms with Gasteiger partial charge in [-0.3, -0.25) is 0 Å². The van der Waals surface area contributed by atoms with Crippen LogP contribution >= 0.6 is 0 Å². The summed E-state index contributed by atoms with van der Waals surface area (Å²) in [7, 11) is 0. The largest absolute Gasteiger partial charge is 0.461 e. The Morgan fingerprint density at radius 3 is 1.49 bits per heavy atom. The minimum Gasteiger partial charge on any atom is -0.461 e. The summed E-state index contributed by atoms with van der Waals surface area (Å²) in [6.07, 6.45) is 5.75. The highest BCUT2D eigenvalue weighted by atomic mass is 16.3. The molecular weight excluding hydrogens is 931 g/mol. The summed E-state index contributed by atoms with van der Waals surface area (Å²) in [6, 6.07) is 88.7. The lowest BCUT2D eigenvalue weighted by Crippen LogP contribution is -2.28. The summed E-state index contributed by atoms with van der Waals surface area (Å²) in [6.45, 7) is 16.4. The maximum atomic E-state index is 5.69. The molecule has 0 saturated carbocycles. The SMILES string of the molecule is C=C/C=C\c1c(C)oc2cccc(C)c12.Cc1ccc(N(c2ccc(C)cc2)c2ccc(-c3cc4c(c5ccccc35)-c3ccc(C)cc3C4(c3ccccc3)c3ccccc3)c3ccccc23)cc1.Cc1ccccc1. The second-order valence-electron chi connectivity index (χ2n) is 20.4. The first-order valence-corrected chi connectivity index (χ1v) is 26.7. The lowest BCUT2D eigenvalue weighted by molar-refractivity contribution is 0.577. The van der Waals surface area contributed by atoms with E-state index in [1.54, 1.807) is 6.08 Å². The van der Waals surface area contributed by atoms with Gasteiger partial charge < -0.3 is 9.32 Å². The number of furan rings is 1. The number of nitrogens with zero attached hydrogens (tertiary/aromatic N) is 1. The molecule has 0 saturated heterocycles. The fourth-order valence-electron chi connectivity index (χ4n) is 11.6. The van der Waals surface area contributed by atoms with Gasteiger partial charge in [0.15, 0.2) is 0 Å². The zero-order valence-electron chi connectivity index (χ0n) is 44.9. The van der Waals surface area contributed by atoms with E-state index < -0.39 is 5.41 Å². The van der Waals surface area contributed by atoms with Gasteiger partial charge in [0.1, 0.15) is 11.3 Å². The van der Waals surface area contributed by atoms with Crippen molar-refractivity contribution in [2.45, 2.75) is 47.0 Å². The maximum absolute atomic E-state index is 5.69. The summed E-state index contributed by atoms with van der Waals surface area (Å²) < 4.78 is 5.69. The maximum Gasteiger partial charge on any atom is 0.135 e. The van der Waals surface area contributed by atoms with Gasteiger partial charge in [0.25, 0.3) is 0 Å². The molecule has 1 aliphatic carbocycles. The van der Waals surface area contributed by atoms with Crippen LogP contribution in [0.3, 0.4) is 0 Å². The smallest absolute Gasteiger partial charge is 0.135 e. The average molecular weight is 994 g/mol. The molecule has 0 bridgehead atoms. The van der Waals surface area contributed by atoms with Crippen molar-refractivity contribution in [2.24, 2.45) is 0 Å². The molecule has 11 aromatic carbocycles. The van der Waals surface area contributed by atoms with E-state index in [-0.39, 0.29) is 0 Å². The van der Waals surface area contributed by atoms with Gasteiger partial charge in [-0.25, -0.2) is 0 Å². The van der Waals surface area contributed by atoms with Gasteiger partial charge in [-0.15, -0.1) is 0 Å². The molecule has 374 valence electrons. The zero-order chi connectivity index (χ0) is 53.0. The van der Waals surface area contributed by atoms with Crippen LogP contribution in [0, 0.1) is 41.5 Å². The number of allylic oxidation sites excluding steroid dienone is 2. The Morgan fingerprint density at radius 1 is 0.416 bits per heavy atom. The Hall–Kier alpha value is -9.24. The van der Waals surface area contributed by atoms with E-state index in [1.807, 2.05) is 49.4 Å². The molecule has 0 N–H and O–H groups in total. The number of hydrogen-bond donors (Lipinski definition) is 0. The van der Waals surface area contributed by atoms with Crippen molar-refractivity contribution in [3.63, 3.8) is 0 Å². The van der Waals surface area contributed by atoms with E-state index >= 15 is 0 Å². The normalized spacial score (nSPS) is 12.1. The average Bonchev–Trinajstić information content (AvgIpc) is 4.19. The molecule has 0 atom stereocenters. The molecule has 0 fully saturated rings. The third kappa shape index (κ3) is 9.38. The van der Waals surface area contributed by atoms with Crippen molar-refractivity contribution in [3.05, 3.63) is 323 Å². The highest BCUT2D eigenvalue weighted by Crippen LogP contribution is 2.59. The fraction of sp³-hybridized carbons (Fsp3) is 0.0933. The Bertz CT molecular complexity index is 4000. The first-order valence-electron chi connectivity index (χ1n) is 26.7. The lowest BCUT2D eigenvalue weighted by Gasteiger charge is -2.34. The molecule has 77 heavy (non-hydrogen) atoms. The number of fused-ring (bicyclic) bond motifs is 7. The van der Waals surface area contributed by atoms with Crippen LogP contribution in [0.4, 0.5) is 17.1 Å². The van der Waals surface area contributed by atoms with Crippen LogP contribution in [0.25, 0.3) is 60.8 Å². The Balaban J connectivity index is 0.000000237. The molecule has 0 spiro atoms. The van der Waals surface area contributed by atoms with Crippen LogP contribution in [0.2, 0.25) is 0 Å². The van der Waals surface area contributed by atoms with E-state index in [9.17, 15) is 0 Å². The minimum absolute atomic E-state index is 0.499. The Morgan fingerprint density at radius 2 is 0.922 bits per heavy atom. The van der Waals surface area contributed by atoms with E-state index in [4.69, 9.17) is 4.42 Å². The first kappa shape index (κ1) is 49.9. The summed E-state index contributed by atoms with van der Waals surface area (Å²) in [5.74, 6) is 0.956. The minimum atomic E-state index is -0.499. The van der Waals surface area contributed by atoms with Crippen LogP contribution in [0.15, 0.2) is 266 Å². The van der Waals surface area contributed by atoms with Crippen molar-refractivity contribution < 1.29 is 4.42 Å². The van der Waals surface area contributed by atoms with Crippen molar-refractivity contribution in [3.8, 4) is 22.3 Å². The molecule has 13 rings (SSSR count). The summed E-state index contributed by atoms with van der Waals surface area (Å²) in [5.41, 5.74) is 21.7. The monoisotopic (exact) mass is 993 g/mol. The summed E-state index contributed by atoms with van der Waals surface area (Å²) in [4.78, 5) is 2.40. The topological polar surface area (TPSA) is 16.4 Å². The van der Waals surface area contributed by atoms with Gasteiger partial charge in [-0.05, 0) is 150 Å². The number of rotatable bonds is 8. The van der Waals surface area contributed by atoms with Gasteiger partial charge in [0.2, 0.25) is 0 Å². The molecule has 0 amide bonds. The second-order valence-corrected chi connectivity index (χ2v) is 20.4. The molecule has 1 aliphatic rings. The van der Waals surface area contributed by atoms with E-state index in [0.717, 1.165) is 34.0 Å². The first-order chi connectivity index (χ1) is 37.6. The van der Waals surface area contributed by atoms with Crippen molar-refractivity contribution in [1.82, 2.24) is 0 Å². The molecular formula is C75H63NO. The number of aryl methyl sites for hydroxylation is 6. The number of anilines is 3. The van der Waals surface area contributed by atoms with E-state index in [1.165, 1.54) is 99.3 Å². The molecule has 2 heteroatoms. The third-order valence-electron chi connectivity index (χ3n) is 15.2. The van der Waals surface area contributed by atoms with Crippen molar-refractivity contribution >= 4 is 55.7 Å². The Kier molecular flexibility index (Phi) is 14.0. The predicted octanol–water partition coefficient (Wildman–Crippen LogP) is 20.7. The van der Waals surface area contributed by atoms with Crippen LogP contribution < -0.4 is 4.90 Å². The van der Waals surface area contributed by atoms with Gasteiger partial charge in [0, 0.05) is 27.7 Å². The third-order valence-corrected chi connectivity index (χ3v) is 15.2. The second kappa shape index (κ2) is 21.5. The number of benzene rings is 11. The summed E-state index contributed by atoms with van der Waals surface area (Å²) >= 11 is 0. The fourth-order valence-corrected chi connectivity index (χ4v) is 11.6. The van der Waals surface area contributed by atoms with Gasteiger partial charge >= 0.3 is 0 Å². The standard InChI is InChI=1S/C54H41N.C14H14O.C7H8/c1-36-22-27-41(28-23-36)55(42-29-24-37(2)25-30-42)52-33-32-45(43-18-10-12-20-46(43)52)49-35-51-53(47-21-13-11-19-44(47)49)48-31-26-38(3)34-50(48)54(51,39-14-6-4-7-15-39)40-16-8-5-9-17-40;1-4-5-8-12-11(3)15-13-9-6-7-10(2)14(12)13;1-7-5-3-2-4-6-7/h4-35H,1-3H3;4-9H,1H2,2-3H3;2-6H,1H3/b;8-5-;. The predicted molar refractivity (Wildman–Crippen MR) is 329 cm³/mol. The van der Waals surface area contributed by atoms with Crippen molar-refractivity contribution in [1.29, 1.82) is 0 Å². The van der Waals surface area contributed by atoms with Crippen LogP contribution in [0.1, 0.15) is 61.4 Å².